The van der Waals surface area contributed by atoms with Crippen LogP contribution in [0.4, 0.5) is 0 Å². The van der Waals surface area contributed by atoms with Gasteiger partial charge in [-0.3, -0.25) is 0 Å². The van der Waals surface area contributed by atoms with E-state index in [9.17, 15) is 0 Å². The summed E-state index contributed by atoms with van der Waals surface area (Å²) in [6, 6.07) is 23.4. The van der Waals surface area contributed by atoms with Gasteiger partial charge in [-0.15, -0.1) is 0 Å². The molecule has 1 aliphatic carbocycles. The van der Waals surface area contributed by atoms with Gasteiger partial charge in [-0.2, -0.15) is 0 Å². The van der Waals surface area contributed by atoms with Crippen molar-refractivity contribution in [2.75, 3.05) is 0 Å². The molecule has 248 valence electrons. The van der Waals surface area contributed by atoms with Crippen LogP contribution in [0.5, 0.6) is 0 Å². The smallest absolute Gasteiger partial charge is 0.0636 e. The summed E-state index contributed by atoms with van der Waals surface area (Å²) in [5.41, 5.74) is 13.4. The largest absolute Gasteiger partial charge is 0.176 e. The molecular formula is C45H64Si. The van der Waals surface area contributed by atoms with Crippen LogP contribution in [0.3, 0.4) is 0 Å². The molecule has 0 spiro atoms. The van der Waals surface area contributed by atoms with Crippen LogP contribution in [-0.2, 0) is 0 Å². The van der Waals surface area contributed by atoms with Gasteiger partial charge in [-0.1, -0.05) is 161 Å². The number of benzene rings is 3. The highest BCUT2D eigenvalue weighted by Crippen LogP contribution is 2.42. The van der Waals surface area contributed by atoms with Crippen molar-refractivity contribution in [1.29, 1.82) is 0 Å². The zero-order valence-corrected chi connectivity index (χ0v) is 33.2. The third kappa shape index (κ3) is 6.56. The Labute approximate surface area is 284 Å². The Morgan fingerprint density at radius 3 is 0.804 bits per heavy atom. The molecule has 0 bridgehead atoms. The first-order chi connectivity index (χ1) is 21.4. The topological polar surface area (TPSA) is 0 Å². The van der Waals surface area contributed by atoms with E-state index >= 15 is 0 Å². The van der Waals surface area contributed by atoms with E-state index in [4.69, 9.17) is 0 Å². The summed E-state index contributed by atoms with van der Waals surface area (Å²) in [6.07, 6.45) is 0. The lowest BCUT2D eigenvalue weighted by molar-refractivity contribution is 0.831. The summed E-state index contributed by atoms with van der Waals surface area (Å²) in [5.74, 6) is 3.16. The SMILES string of the molecule is CC1=C(C)C(C)C([Si](c2cc(C(C)C)cc(C(C)C)c2)(c2cc(C(C)C)cc(C(C)C)c2)c2cc(C(C)C)cc(C(C)C)c2)=C1C. The normalized spacial score (nSPS) is 16.2. The molecule has 4 rings (SSSR count). The Balaban J connectivity index is 2.41. The molecule has 1 unspecified atom stereocenters. The van der Waals surface area contributed by atoms with Crippen molar-refractivity contribution < 1.29 is 0 Å². The summed E-state index contributed by atoms with van der Waals surface area (Å²) < 4.78 is 0. The van der Waals surface area contributed by atoms with Gasteiger partial charge in [-0.05, 0) is 117 Å². The summed E-state index contributed by atoms with van der Waals surface area (Å²) in [6.45, 7) is 38.2. The molecule has 3 aromatic carbocycles. The lowest BCUT2D eigenvalue weighted by atomic mass is 9.95. The molecule has 0 saturated heterocycles. The maximum absolute atomic E-state index is 2.83. The van der Waals surface area contributed by atoms with E-state index < -0.39 is 8.07 Å². The molecule has 0 heterocycles. The van der Waals surface area contributed by atoms with Crippen molar-refractivity contribution in [2.45, 2.75) is 146 Å². The highest BCUT2D eigenvalue weighted by atomic mass is 28.3. The van der Waals surface area contributed by atoms with E-state index in [0.717, 1.165) is 0 Å². The quantitative estimate of drug-likeness (QED) is 0.154. The highest BCUT2D eigenvalue weighted by Gasteiger charge is 2.49. The second-order valence-corrected chi connectivity index (χ2v) is 20.2. The predicted octanol–water partition coefficient (Wildman–Crippen LogP) is 11.7. The number of hydrogen-bond donors (Lipinski definition) is 0. The average Bonchev–Trinajstić information content (AvgIpc) is 3.19. The second-order valence-electron chi connectivity index (χ2n) is 16.4. The fourth-order valence-corrected chi connectivity index (χ4v) is 13.5. The first-order valence-electron chi connectivity index (χ1n) is 18.3. The maximum Gasteiger partial charge on any atom is 0.176 e. The van der Waals surface area contributed by atoms with Gasteiger partial charge < -0.3 is 0 Å². The van der Waals surface area contributed by atoms with Crippen molar-refractivity contribution in [3.63, 3.8) is 0 Å². The number of hydrogen-bond acceptors (Lipinski definition) is 0. The van der Waals surface area contributed by atoms with Crippen molar-refractivity contribution >= 4 is 23.6 Å². The Morgan fingerprint density at radius 2 is 0.630 bits per heavy atom. The second kappa shape index (κ2) is 13.8. The van der Waals surface area contributed by atoms with Gasteiger partial charge >= 0.3 is 0 Å². The Bertz CT molecular complexity index is 1400. The lowest BCUT2D eigenvalue weighted by Gasteiger charge is -2.41. The van der Waals surface area contributed by atoms with Gasteiger partial charge in [0.15, 0.2) is 8.07 Å². The molecule has 3 aromatic rings. The molecule has 1 atom stereocenters. The minimum atomic E-state index is -2.83. The molecule has 46 heavy (non-hydrogen) atoms. The molecule has 0 N–H and O–H groups in total. The van der Waals surface area contributed by atoms with Gasteiger partial charge in [0.25, 0.3) is 0 Å². The molecule has 1 aliphatic rings. The van der Waals surface area contributed by atoms with Crippen LogP contribution in [0.2, 0.25) is 0 Å². The lowest BCUT2D eigenvalue weighted by Crippen LogP contribution is -2.70. The fraction of sp³-hybridized carbons (Fsp3) is 0.511. The van der Waals surface area contributed by atoms with Crippen molar-refractivity contribution in [3.05, 3.63) is 110 Å². The highest BCUT2D eigenvalue weighted by molar-refractivity contribution is 7.16. The number of allylic oxidation sites excluding steroid dienone is 4. The zero-order chi connectivity index (χ0) is 34.4. The monoisotopic (exact) mass is 632 g/mol. The van der Waals surface area contributed by atoms with Gasteiger partial charge in [0.05, 0.1) is 0 Å². The third-order valence-electron chi connectivity index (χ3n) is 11.3. The predicted molar refractivity (Wildman–Crippen MR) is 209 cm³/mol. The van der Waals surface area contributed by atoms with Gasteiger partial charge in [0.2, 0.25) is 0 Å². The zero-order valence-electron chi connectivity index (χ0n) is 32.2. The molecular weight excluding hydrogens is 569 g/mol. The van der Waals surface area contributed by atoms with Crippen molar-refractivity contribution in [3.8, 4) is 0 Å². The van der Waals surface area contributed by atoms with E-state index in [1.54, 1.807) is 26.3 Å². The molecule has 0 nitrogen and oxygen atoms in total. The van der Waals surface area contributed by atoms with E-state index in [2.05, 4.69) is 165 Å². The Hall–Kier alpha value is -2.64. The molecule has 0 fully saturated rings. The van der Waals surface area contributed by atoms with Crippen LogP contribution in [0, 0.1) is 5.92 Å². The maximum atomic E-state index is 2.65. The molecule has 0 radical (unpaired) electrons. The molecule has 0 aromatic heterocycles. The molecule has 0 aliphatic heterocycles. The molecule has 0 saturated carbocycles. The number of rotatable bonds is 10. The van der Waals surface area contributed by atoms with Crippen molar-refractivity contribution in [2.24, 2.45) is 5.92 Å². The van der Waals surface area contributed by atoms with E-state index in [0.29, 0.717) is 41.4 Å². The van der Waals surface area contributed by atoms with Gasteiger partial charge in [0, 0.05) is 0 Å². The first-order valence-corrected chi connectivity index (χ1v) is 20.3. The minimum Gasteiger partial charge on any atom is -0.0636 e. The summed E-state index contributed by atoms with van der Waals surface area (Å²) in [7, 11) is -2.83. The van der Waals surface area contributed by atoms with Crippen LogP contribution >= 0.6 is 0 Å². The van der Waals surface area contributed by atoms with E-state index in [1.807, 2.05) is 0 Å². The summed E-state index contributed by atoms with van der Waals surface area (Å²) in [5, 5.41) is 6.40. The van der Waals surface area contributed by atoms with Gasteiger partial charge in [-0.25, -0.2) is 0 Å². The van der Waals surface area contributed by atoms with Gasteiger partial charge in [0.1, 0.15) is 0 Å². The minimum absolute atomic E-state index is 0.396. The molecule has 0 amide bonds. The summed E-state index contributed by atoms with van der Waals surface area (Å²) in [4.78, 5) is 0. The van der Waals surface area contributed by atoms with Crippen LogP contribution < -0.4 is 15.6 Å². The van der Waals surface area contributed by atoms with Crippen LogP contribution in [0.15, 0.2) is 76.5 Å². The molecule has 1 heteroatoms. The third-order valence-corrected chi connectivity index (χ3v) is 16.4. The van der Waals surface area contributed by atoms with Crippen LogP contribution in [0.1, 0.15) is 180 Å². The summed E-state index contributed by atoms with van der Waals surface area (Å²) >= 11 is 0. The van der Waals surface area contributed by atoms with E-state index in [1.165, 1.54) is 44.5 Å². The Kier molecular flexibility index (Phi) is 10.9. The van der Waals surface area contributed by atoms with E-state index in [-0.39, 0.29) is 0 Å². The fourth-order valence-electron chi connectivity index (χ4n) is 7.62. The standard InChI is InChI=1S/C45H64Si/c1-26(2)36-17-37(27(3)4)21-42(20-36)46(45-34(15)32(13)33(14)35(45)16,43-22-38(28(5)6)18-39(23-43)29(7)8)44-24-40(30(9)10)19-41(25-44)31(11)12/h17-31,34H,1-16H3. The first kappa shape index (κ1) is 36.2. The average molecular weight is 633 g/mol. The van der Waals surface area contributed by atoms with Crippen LogP contribution in [0.25, 0.3) is 0 Å². The van der Waals surface area contributed by atoms with Crippen molar-refractivity contribution in [1.82, 2.24) is 0 Å². The Morgan fingerprint density at radius 1 is 0.391 bits per heavy atom. The van der Waals surface area contributed by atoms with Crippen LogP contribution in [-0.4, -0.2) is 8.07 Å².